The number of nitrogens with zero attached hydrogens (tertiary/aromatic N) is 1. The lowest BCUT2D eigenvalue weighted by Gasteiger charge is -2.46. The van der Waals surface area contributed by atoms with Crippen molar-refractivity contribution in [2.45, 2.75) is 51.6 Å². The van der Waals surface area contributed by atoms with Crippen molar-refractivity contribution in [2.75, 3.05) is 37.8 Å². The van der Waals surface area contributed by atoms with Gasteiger partial charge in [0.25, 0.3) is 0 Å². The van der Waals surface area contributed by atoms with Crippen LogP contribution in [0.1, 0.15) is 40.0 Å². The fourth-order valence-corrected chi connectivity index (χ4v) is 3.67. The van der Waals surface area contributed by atoms with Crippen LogP contribution in [0.5, 0.6) is 0 Å². The normalized spacial score (nSPS) is 22.4. The molecule has 1 rings (SSSR count). The van der Waals surface area contributed by atoms with Crippen LogP contribution in [0.4, 0.5) is 0 Å². The molecule has 0 aromatic heterocycles. The SMILES string of the molecule is CCC(C)(C(N)CCCS(=O)(=O)CC)N1CCOCC1. The number of morpholine rings is 1. The van der Waals surface area contributed by atoms with Crippen molar-refractivity contribution >= 4 is 9.84 Å². The van der Waals surface area contributed by atoms with Gasteiger partial charge in [-0.1, -0.05) is 13.8 Å². The molecule has 2 unspecified atom stereocenters. The zero-order valence-corrected chi connectivity index (χ0v) is 13.9. The predicted molar refractivity (Wildman–Crippen MR) is 82.6 cm³/mol. The van der Waals surface area contributed by atoms with Crippen LogP contribution < -0.4 is 5.73 Å². The van der Waals surface area contributed by atoms with E-state index in [4.69, 9.17) is 10.5 Å². The van der Waals surface area contributed by atoms with Gasteiger partial charge in [-0.3, -0.25) is 4.90 Å². The Morgan fingerprint density at radius 3 is 2.40 bits per heavy atom. The lowest BCUT2D eigenvalue weighted by Crippen LogP contribution is -2.60. The summed E-state index contributed by atoms with van der Waals surface area (Å²) in [6.45, 7) is 9.37. The zero-order chi connectivity index (χ0) is 15.2. The average Bonchev–Trinajstić information content (AvgIpc) is 2.47. The fraction of sp³-hybridized carbons (Fsp3) is 1.00. The van der Waals surface area contributed by atoms with Crippen LogP contribution >= 0.6 is 0 Å². The minimum absolute atomic E-state index is 0.00217. The topological polar surface area (TPSA) is 72.6 Å². The number of hydrogen-bond acceptors (Lipinski definition) is 5. The van der Waals surface area contributed by atoms with E-state index < -0.39 is 9.84 Å². The lowest BCUT2D eigenvalue weighted by molar-refractivity contribution is -0.0282. The monoisotopic (exact) mass is 306 g/mol. The maximum absolute atomic E-state index is 11.5. The molecule has 1 aliphatic heterocycles. The van der Waals surface area contributed by atoms with Crippen molar-refractivity contribution < 1.29 is 13.2 Å². The minimum Gasteiger partial charge on any atom is -0.379 e. The molecule has 120 valence electrons. The first-order chi connectivity index (χ1) is 9.35. The van der Waals surface area contributed by atoms with Crippen LogP contribution in [0.3, 0.4) is 0 Å². The van der Waals surface area contributed by atoms with E-state index in [9.17, 15) is 8.42 Å². The molecule has 0 amide bonds. The molecule has 1 heterocycles. The van der Waals surface area contributed by atoms with Gasteiger partial charge in [0, 0.05) is 30.4 Å². The molecule has 5 nitrogen and oxygen atoms in total. The Balaban J connectivity index is 2.55. The molecule has 0 aliphatic carbocycles. The third-order valence-electron chi connectivity index (χ3n) is 4.66. The van der Waals surface area contributed by atoms with E-state index in [1.54, 1.807) is 6.92 Å². The van der Waals surface area contributed by atoms with Gasteiger partial charge in [0.05, 0.1) is 19.0 Å². The second-order valence-corrected chi connectivity index (χ2v) is 8.27. The molecule has 0 aromatic rings. The molecule has 0 saturated carbocycles. The Labute approximate surface area is 123 Å². The molecule has 2 atom stereocenters. The van der Waals surface area contributed by atoms with Crippen LogP contribution in [0.15, 0.2) is 0 Å². The quantitative estimate of drug-likeness (QED) is 0.725. The molecular formula is C14H30N2O3S. The number of hydrogen-bond donors (Lipinski definition) is 1. The summed E-state index contributed by atoms with van der Waals surface area (Å²) < 4.78 is 28.5. The van der Waals surface area contributed by atoms with Crippen molar-refractivity contribution in [3.05, 3.63) is 0 Å². The summed E-state index contributed by atoms with van der Waals surface area (Å²) in [5, 5.41) is 0. The highest BCUT2D eigenvalue weighted by atomic mass is 32.2. The molecule has 0 aromatic carbocycles. The first-order valence-corrected chi connectivity index (χ1v) is 9.46. The second-order valence-electron chi connectivity index (χ2n) is 5.80. The Kier molecular flexibility index (Phi) is 6.91. The summed E-state index contributed by atoms with van der Waals surface area (Å²) in [4.78, 5) is 2.40. The van der Waals surface area contributed by atoms with E-state index in [0.29, 0.717) is 6.42 Å². The maximum atomic E-state index is 11.5. The van der Waals surface area contributed by atoms with Gasteiger partial charge in [-0.05, 0) is 26.2 Å². The van der Waals surface area contributed by atoms with Crippen LogP contribution in [0.2, 0.25) is 0 Å². The summed E-state index contributed by atoms with van der Waals surface area (Å²) in [6.07, 6.45) is 2.37. The summed E-state index contributed by atoms with van der Waals surface area (Å²) >= 11 is 0. The molecule has 6 heteroatoms. The van der Waals surface area contributed by atoms with Gasteiger partial charge in [-0.15, -0.1) is 0 Å². The van der Waals surface area contributed by atoms with E-state index in [1.165, 1.54) is 0 Å². The van der Waals surface area contributed by atoms with E-state index in [1.807, 2.05) is 0 Å². The van der Waals surface area contributed by atoms with Gasteiger partial charge >= 0.3 is 0 Å². The molecule has 0 spiro atoms. The van der Waals surface area contributed by atoms with Gasteiger partial charge in [-0.2, -0.15) is 0 Å². The first kappa shape index (κ1) is 17.9. The van der Waals surface area contributed by atoms with E-state index >= 15 is 0 Å². The standard InChI is InChI=1S/C14H30N2O3S/c1-4-14(3,16-8-10-19-11-9-16)13(15)7-6-12-20(17,18)5-2/h13H,4-12,15H2,1-3H3. The molecule has 1 aliphatic rings. The zero-order valence-electron chi connectivity index (χ0n) is 13.1. The summed E-state index contributed by atoms with van der Waals surface area (Å²) in [5.74, 6) is 0.469. The number of sulfone groups is 1. The highest BCUT2D eigenvalue weighted by Crippen LogP contribution is 2.26. The van der Waals surface area contributed by atoms with Crippen molar-refractivity contribution in [3.63, 3.8) is 0 Å². The van der Waals surface area contributed by atoms with Crippen LogP contribution in [-0.4, -0.2) is 62.7 Å². The number of rotatable bonds is 8. The molecule has 0 radical (unpaired) electrons. The van der Waals surface area contributed by atoms with Crippen LogP contribution in [0, 0.1) is 0 Å². The summed E-state index contributed by atoms with van der Waals surface area (Å²) in [5.41, 5.74) is 6.32. The second kappa shape index (κ2) is 7.73. The largest absolute Gasteiger partial charge is 0.379 e. The van der Waals surface area contributed by atoms with Gasteiger partial charge in [-0.25, -0.2) is 8.42 Å². The third-order valence-corrected chi connectivity index (χ3v) is 6.45. The molecule has 2 N–H and O–H groups in total. The van der Waals surface area contributed by atoms with Gasteiger partial charge in [0.1, 0.15) is 9.84 Å². The highest BCUT2D eigenvalue weighted by molar-refractivity contribution is 7.91. The fourth-order valence-electron chi connectivity index (χ4n) is 2.77. The van der Waals surface area contributed by atoms with E-state index in [-0.39, 0.29) is 23.1 Å². The van der Waals surface area contributed by atoms with Crippen molar-refractivity contribution in [1.29, 1.82) is 0 Å². The van der Waals surface area contributed by atoms with E-state index in [2.05, 4.69) is 18.7 Å². The lowest BCUT2D eigenvalue weighted by atomic mass is 9.85. The van der Waals surface area contributed by atoms with Crippen LogP contribution in [-0.2, 0) is 14.6 Å². The summed E-state index contributed by atoms with van der Waals surface area (Å²) in [6, 6.07) is -0.00217. The molecule has 1 fully saturated rings. The molecular weight excluding hydrogens is 276 g/mol. The van der Waals surface area contributed by atoms with Crippen LogP contribution in [0.25, 0.3) is 0 Å². The first-order valence-electron chi connectivity index (χ1n) is 7.64. The van der Waals surface area contributed by atoms with E-state index in [0.717, 1.165) is 39.1 Å². The third kappa shape index (κ3) is 4.69. The molecule has 1 saturated heterocycles. The molecule has 20 heavy (non-hydrogen) atoms. The van der Waals surface area contributed by atoms with Crippen molar-refractivity contribution in [2.24, 2.45) is 5.73 Å². The van der Waals surface area contributed by atoms with Gasteiger partial charge < -0.3 is 10.5 Å². The highest BCUT2D eigenvalue weighted by Gasteiger charge is 2.36. The number of ether oxygens (including phenoxy) is 1. The maximum Gasteiger partial charge on any atom is 0.150 e. The Bertz CT molecular complexity index is 380. The molecule has 0 bridgehead atoms. The summed E-state index contributed by atoms with van der Waals surface area (Å²) in [7, 11) is -2.88. The van der Waals surface area contributed by atoms with Gasteiger partial charge in [0.15, 0.2) is 0 Å². The Hall–Kier alpha value is -0.170. The van der Waals surface area contributed by atoms with Gasteiger partial charge in [0.2, 0.25) is 0 Å². The average molecular weight is 306 g/mol. The predicted octanol–water partition coefficient (Wildman–Crippen LogP) is 1.03. The Morgan fingerprint density at radius 1 is 1.30 bits per heavy atom. The minimum atomic E-state index is -2.88. The van der Waals surface area contributed by atoms with Crippen molar-refractivity contribution in [1.82, 2.24) is 4.90 Å². The van der Waals surface area contributed by atoms with Crippen molar-refractivity contribution in [3.8, 4) is 0 Å². The smallest absolute Gasteiger partial charge is 0.150 e. The Morgan fingerprint density at radius 2 is 1.90 bits per heavy atom. The number of nitrogens with two attached hydrogens (primary N) is 1.